The first-order valence-electron chi connectivity index (χ1n) is 9.49. The van der Waals surface area contributed by atoms with Gasteiger partial charge in [0.1, 0.15) is 0 Å². The second-order valence-electron chi connectivity index (χ2n) is 7.59. The van der Waals surface area contributed by atoms with Crippen molar-refractivity contribution in [3.63, 3.8) is 0 Å². The summed E-state index contributed by atoms with van der Waals surface area (Å²) in [4.78, 5) is 2.60. The molecule has 140 valence electrons. The Labute approximate surface area is 170 Å². The van der Waals surface area contributed by atoms with Gasteiger partial charge in [-0.3, -0.25) is 0 Å². The van der Waals surface area contributed by atoms with Crippen LogP contribution in [0, 0.1) is 0 Å². The van der Waals surface area contributed by atoms with Gasteiger partial charge < -0.3 is 10.6 Å². The molecule has 0 saturated heterocycles. The minimum atomic E-state index is -0.198. The van der Waals surface area contributed by atoms with Crippen molar-refractivity contribution in [1.29, 1.82) is 0 Å². The standard InChI is InChI=1S/C23H25ClN2S/c1-23(2,21-11-10-20(27-21)17-6-4-3-5-7-17)26-22-18-13-15-25-14-12-16(18)8-9-19(22)24/h3-11,25-26H,12-15H2,1-2H3. The fourth-order valence-corrected chi connectivity index (χ4v) is 4.98. The van der Waals surface area contributed by atoms with Gasteiger partial charge in [-0.2, -0.15) is 0 Å². The van der Waals surface area contributed by atoms with Crippen LogP contribution in [0.3, 0.4) is 0 Å². The third-order valence-electron chi connectivity index (χ3n) is 5.20. The van der Waals surface area contributed by atoms with Crippen LogP contribution in [0.4, 0.5) is 5.69 Å². The molecule has 0 amide bonds. The Bertz CT molecular complexity index is 931. The van der Waals surface area contributed by atoms with Crippen LogP contribution in [-0.2, 0) is 18.4 Å². The third-order valence-corrected chi connectivity index (χ3v) is 6.97. The third kappa shape index (κ3) is 3.91. The maximum Gasteiger partial charge on any atom is 0.0662 e. The quantitative estimate of drug-likeness (QED) is 0.556. The van der Waals surface area contributed by atoms with Gasteiger partial charge in [0, 0.05) is 9.75 Å². The van der Waals surface area contributed by atoms with Crippen molar-refractivity contribution in [3.05, 3.63) is 75.6 Å². The summed E-state index contributed by atoms with van der Waals surface area (Å²) in [7, 11) is 0. The van der Waals surface area contributed by atoms with Crippen molar-refractivity contribution in [3.8, 4) is 10.4 Å². The lowest BCUT2D eigenvalue weighted by Crippen LogP contribution is -2.28. The van der Waals surface area contributed by atoms with Gasteiger partial charge in [0.05, 0.1) is 16.2 Å². The molecule has 1 aliphatic rings. The van der Waals surface area contributed by atoms with Crippen LogP contribution < -0.4 is 10.6 Å². The predicted octanol–water partition coefficient (Wildman–Crippen LogP) is 6.10. The summed E-state index contributed by atoms with van der Waals surface area (Å²) in [6.45, 7) is 6.50. The number of rotatable bonds is 4. The fourth-order valence-electron chi connectivity index (χ4n) is 3.68. The molecule has 0 unspecified atom stereocenters. The van der Waals surface area contributed by atoms with Crippen LogP contribution in [0.1, 0.15) is 29.9 Å². The molecule has 2 aromatic carbocycles. The molecule has 0 fully saturated rings. The lowest BCUT2D eigenvalue weighted by Gasteiger charge is -2.29. The largest absolute Gasteiger partial charge is 0.374 e. The Morgan fingerprint density at radius 2 is 1.74 bits per heavy atom. The van der Waals surface area contributed by atoms with Gasteiger partial charge in [0.15, 0.2) is 0 Å². The SMILES string of the molecule is CC(C)(Nc1c(Cl)ccc2c1CCNCC2)c1ccc(-c2ccccc2)s1. The van der Waals surface area contributed by atoms with Crippen molar-refractivity contribution in [2.45, 2.75) is 32.2 Å². The second kappa shape index (κ2) is 7.67. The molecule has 1 aliphatic heterocycles. The molecular formula is C23H25ClN2S. The van der Waals surface area contributed by atoms with E-state index in [1.165, 1.54) is 26.4 Å². The van der Waals surface area contributed by atoms with Gasteiger partial charge in [-0.1, -0.05) is 48.0 Å². The van der Waals surface area contributed by atoms with Crippen molar-refractivity contribution < 1.29 is 0 Å². The lowest BCUT2D eigenvalue weighted by molar-refractivity contribution is 0.622. The molecule has 0 spiro atoms. The minimum absolute atomic E-state index is 0.198. The number of anilines is 1. The Kier molecular flexibility index (Phi) is 5.27. The second-order valence-corrected chi connectivity index (χ2v) is 9.08. The van der Waals surface area contributed by atoms with Crippen molar-refractivity contribution >= 4 is 28.6 Å². The molecule has 1 aromatic heterocycles. The molecule has 3 aromatic rings. The summed E-state index contributed by atoms with van der Waals surface area (Å²) < 4.78 is 0. The minimum Gasteiger partial charge on any atom is -0.374 e. The molecule has 2 heterocycles. The number of hydrogen-bond acceptors (Lipinski definition) is 3. The maximum absolute atomic E-state index is 6.63. The Balaban J connectivity index is 1.65. The highest BCUT2D eigenvalue weighted by atomic mass is 35.5. The van der Waals surface area contributed by atoms with Gasteiger partial charge in [0.25, 0.3) is 0 Å². The van der Waals surface area contributed by atoms with Crippen LogP contribution in [-0.4, -0.2) is 13.1 Å². The average molecular weight is 397 g/mol. The smallest absolute Gasteiger partial charge is 0.0662 e. The predicted molar refractivity (Wildman–Crippen MR) is 118 cm³/mol. The number of hydrogen-bond donors (Lipinski definition) is 2. The number of fused-ring (bicyclic) bond motifs is 1. The zero-order valence-electron chi connectivity index (χ0n) is 15.8. The van der Waals surface area contributed by atoms with Crippen LogP contribution in [0.5, 0.6) is 0 Å². The zero-order chi connectivity index (χ0) is 18.9. The highest BCUT2D eigenvalue weighted by Gasteiger charge is 2.26. The molecule has 27 heavy (non-hydrogen) atoms. The molecule has 2 N–H and O–H groups in total. The number of halogens is 1. The fraction of sp³-hybridized carbons (Fsp3) is 0.304. The van der Waals surface area contributed by atoms with Crippen LogP contribution in [0.25, 0.3) is 10.4 Å². The molecule has 0 bridgehead atoms. The molecule has 4 rings (SSSR count). The van der Waals surface area contributed by atoms with Crippen molar-refractivity contribution in [1.82, 2.24) is 5.32 Å². The number of benzene rings is 2. The summed E-state index contributed by atoms with van der Waals surface area (Å²) in [5, 5.41) is 8.07. The molecule has 0 radical (unpaired) electrons. The molecule has 0 aliphatic carbocycles. The summed E-state index contributed by atoms with van der Waals surface area (Å²) in [6, 6.07) is 19.2. The number of thiophene rings is 1. The first-order chi connectivity index (χ1) is 13.0. The van der Waals surface area contributed by atoms with E-state index in [2.05, 4.69) is 73.0 Å². The summed E-state index contributed by atoms with van der Waals surface area (Å²) >= 11 is 8.47. The van der Waals surface area contributed by atoms with E-state index in [9.17, 15) is 0 Å². The summed E-state index contributed by atoms with van der Waals surface area (Å²) in [5.74, 6) is 0. The first-order valence-corrected chi connectivity index (χ1v) is 10.7. The highest BCUT2D eigenvalue weighted by molar-refractivity contribution is 7.15. The number of nitrogens with one attached hydrogen (secondary N) is 2. The Morgan fingerprint density at radius 3 is 2.56 bits per heavy atom. The van der Waals surface area contributed by atoms with E-state index < -0.39 is 0 Å². The highest BCUT2D eigenvalue weighted by Crippen LogP contribution is 2.39. The van der Waals surface area contributed by atoms with E-state index in [1.807, 2.05) is 17.4 Å². The Hall–Kier alpha value is -1.81. The zero-order valence-corrected chi connectivity index (χ0v) is 17.4. The normalized spacial score (nSPS) is 14.5. The van der Waals surface area contributed by atoms with Gasteiger partial charge >= 0.3 is 0 Å². The summed E-state index contributed by atoms with van der Waals surface area (Å²) in [6.07, 6.45) is 2.06. The van der Waals surface area contributed by atoms with Crippen LogP contribution >= 0.6 is 22.9 Å². The maximum atomic E-state index is 6.63. The van der Waals surface area contributed by atoms with Crippen LogP contribution in [0.15, 0.2) is 54.6 Å². The van der Waals surface area contributed by atoms with Crippen molar-refractivity contribution in [2.24, 2.45) is 0 Å². The topological polar surface area (TPSA) is 24.1 Å². The van der Waals surface area contributed by atoms with Gasteiger partial charge in [-0.05, 0) is 74.7 Å². The molecule has 0 atom stereocenters. The molecular weight excluding hydrogens is 372 g/mol. The summed E-state index contributed by atoms with van der Waals surface area (Å²) in [5.41, 5.74) is 4.93. The average Bonchev–Trinajstić information content (AvgIpc) is 3.06. The monoisotopic (exact) mass is 396 g/mol. The Morgan fingerprint density at radius 1 is 0.963 bits per heavy atom. The van der Waals surface area contributed by atoms with E-state index in [4.69, 9.17) is 11.6 Å². The molecule has 4 heteroatoms. The van der Waals surface area contributed by atoms with E-state index in [0.717, 1.165) is 36.6 Å². The van der Waals surface area contributed by atoms with E-state index in [-0.39, 0.29) is 5.54 Å². The van der Waals surface area contributed by atoms with E-state index >= 15 is 0 Å². The van der Waals surface area contributed by atoms with Gasteiger partial charge in [0.2, 0.25) is 0 Å². The molecule has 2 nitrogen and oxygen atoms in total. The van der Waals surface area contributed by atoms with Gasteiger partial charge in [-0.25, -0.2) is 0 Å². The first kappa shape index (κ1) is 18.5. The molecule has 0 saturated carbocycles. The van der Waals surface area contributed by atoms with Crippen LogP contribution in [0.2, 0.25) is 5.02 Å². The van der Waals surface area contributed by atoms with E-state index in [0.29, 0.717) is 0 Å². The van der Waals surface area contributed by atoms with Crippen molar-refractivity contribution in [2.75, 3.05) is 18.4 Å². The lowest BCUT2D eigenvalue weighted by atomic mass is 9.97. The van der Waals surface area contributed by atoms with E-state index in [1.54, 1.807) is 0 Å². The van der Waals surface area contributed by atoms with Gasteiger partial charge in [-0.15, -0.1) is 11.3 Å².